The second-order valence-corrected chi connectivity index (χ2v) is 3.27. The van der Waals surface area contributed by atoms with Gasteiger partial charge in [0.15, 0.2) is 0 Å². The Morgan fingerprint density at radius 2 is 2.20 bits per heavy atom. The van der Waals surface area contributed by atoms with Crippen LogP contribution in [-0.2, 0) is 0 Å². The normalized spacial score (nSPS) is 10.5. The third-order valence-corrected chi connectivity index (χ3v) is 2.14. The maximum atomic E-state index is 11.2. The zero-order valence-corrected chi connectivity index (χ0v) is 8.41. The molecule has 0 bridgehead atoms. The molecule has 0 aliphatic rings. The fraction of sp³-hybridized carbons (Fsp3) is 0.182. The van der Waals surface area contributed by atoms with Gasteiger partial charge in [-0.15, -0.1) is 0 Å². The van der Waals surface area contributed by atoms with Crippen LogP contribution >= 0.6 is 0 Å². The first kappa shape index (κ1) is 9.83. The molecule has 2 rings (SSSR count). The van der Waals surface area contributed by atoms with Crippen molar-refractivity contribution in [1.82, 2.24) is 0 Å². The molecule has 0 aliphatic heterocycles. The van der Waals surface area contributed by atoms with E-state index in [9.17, 15) is 4.79 Å². The number of anilines is 1. The van der Waals surface area contributed by atoms with Crippen LogP contribution in [0.3, 0.4) is 0 Å². The van der Waals surface area contributed by atoms with E-state index in [4.69, 9.17) is 12.3 Å². The molecular formula is C11H10BNO2. The third-order valence-electron chi connectivity index (χ3n) is 2.14. The van der Waals surface area contributed by atoms with Crippen molar-refractivity contribution in [3.05, 3.63) is 34.7 Å². The Labute approximate surface area is 88.5 Å². The lowest BCUT2D eigenvalue weighted by molar-refractivity contribution is 0.567. The first-order valence-electron chi connectivity index (χ1n) is 4.78. The van der Waals surface area contributed by atoms with Crippen LogP contribution in [0.5, 0.6) is 0 Å². The summed E-state index contributed by atoms with van der Waals surface area (Å²) in [5.41, 5.74) is 1.13. The fourth-order valence-corrected chi connectivity index (χ4v) is 1.44. The van der Waals surface area contributed by atoms with Crippen molar-refractivity contribution >= 4 is 30.0 Å². The third kappa shape index (κ3) is 1.88. The monoisotopic (exact) mass is 199 g/mol. The summed E-state index contributed by atoms with van der Waals surface area (Å²) in [6.45, 7) is 2.83. The van der Waals surface area contributed by atoms with Crippen molar-refractivity contribution in [3.8, 4) is 0 Å². The first-order valence-corrected chi connectivity index (χ1v) is 4.78. The molecule has 0 amide bonds. The van der Waals surface area contributed by atoms with Gasteiger partial charge in [-0.1, -0.05) is 6.07 Å². The maximum absolute atomic E-state index is 11.2. The van der Waals surface area contributed by atoms with Gasteiger partial charge in [0, 0.05) is 23.7 Å². The highest BCUT2D eigenvalue weighted by molar-refractivity contribution is 6.32. The minimum Gasteiger partial charge on any atom is -0.423 e. The summed E-state index contributed by atoms with van der Waals surface area (Å²) < 4.78 is 5.06. The van der Waals surface area contributed by atoms with Gasteiger partial charge in [-0.05, 0) is 24.5 Å². The van der Waals surface area contributed by atoms with Crippen LogP contribution in [0.4, 0.5) is 5.69 Å². The molecule has 1 aromatic carbocycles. The molecule has 1 N–H and O–H groups in total. The van der Waals surface area contributed by atoms with Gasteiger partial charge < -0.3 is 9.73 Å². The Bertz CT molecular complexity index is 548. The second-order valence-electron chi connectivity index (χ2n) is 3.27. The maximum Gasteiger partial charge on any atom is 0.328 e. The molecule has 1 heterocycles. The van der Waals surface area contributed by atoms with Gasteiger partial charge in [0.1, 0.15) is 13.4 Å². The predicted octanol–water partition coefficient (Wildman–Crippen LogP) is 1.02. The molecule has 74 valence electrons. The second kappa shape index (κ2) is 3.81. The first-order chi connectivity index (χ1) is 7.20. The fourth-order valence-electron chi connectivity index (χ4n) is 1.44. The van der Waals surface area contributed by atoms with E-state index in [1.54, 1.807) is 12.1 Å². The zero-order valence-electron chi connectivity index (χ0n) is 8.41. The van der Waals surface area contributed by atoms with Gasteiger partial charge in [0.05, 0.1) is 0 Å². The van der Waals surface area contributed by atoms with Crippen LogP contribution in [0, 0.1) is 0 Å². The summed E-state index contributed by atoms with van der Waals surface area (Å²) in [6.07, 6.45) is 0. The van der Waals surface area contributed by atoms with Crippen molar-refractivity contribution in [2.75, 3.05) is 11.9 Å². The summed E-state index contributed by atoms with van der Waals surface area (Å²) in [5, 5.41) is 3.97. The molecular weight excluding hydrogens is 189 g/mol. The standard InChI is InChI=1S/C11H10BNO2/c1-2-13-8-4-3-7-5-9(12)11(14)15-10(7)6-8/h3-6,13H,2H2,1H3. The molecule has 0 fully saturated rings. The van der Waals surface area contributed by atoms with Gasteiger partial charge >= 0.3 is 5.63 Å². The smallest absolute Gasteiger partial charge is 0.328 e. The summed E-state index contributed by atoms with van der Waals surface area (Å²) in [4.78, 5) is 11.2. The molecule has 3 nitrogen and oxygen atoms in total. The van der Waals surface area contributed by atoms with Crippen molar-refractivity contribution in [3.63, 3.8) is 0 Å². The molecule has 0 unspecified atom stereocenters. The van der Waals surface area contributed by atoms with Crippen LogP contribution in [0.2, 0.25) is 0 Å². The topological polar surface area (TPSA) is 42.2 Å². The minimum atomic E-state index is -0.490. The van der Waals surface area contributed by atoms with E-state index in [2.05, 4.69) is 5.32 Å². The zero-order chi connectivity index (χ0) is 10.8. The molecule has 0 atom stereocenters. The van der Waals surface area contributed by atoms with Gasteiger partial charge in [-0.3, -0.25) is 0 Å². The number of benzene rings is 1. The van der Waals surface area contributed by atoms with Crippen molar-refractivity contribution in [1.29, 1.82) is 0 Å². The lowest BCUT2D eigenvalue weighted by Gasteiger charge is -2.04. The van der Waals surface area contributed by atoms with Gasteiger partial charge in [0.25, 0.3) is 0 Å². The van der Waals surface area contributed by atoms with Gasteiger partial charge in [-0.2, -0.15) is 0 Å². The molecule has 2 aromatic rings. The lowest BCUT2D eigenvalue weighted by atomic mass is 9.97. The highest BCUT2D eigenvalue weighted by atomic mass is 16.4. The van der Waals surface area contributed by atoms with Crippen molar-refractivity contribution in [2.45, 2.75) is 6.92 Å². The van der Waals surface area contributed by atoms with E-state index < -0.39 is 5.63 Å². The van der Waals surface area contributed by atoms with E-state index in [1.807, 2.05) is 19.1 Å². The quantitative estimate of drug-likeness (QED) is 0.579. The minimum absolute atomic E-state index is 0.138. The SMILES string of the molecule is [B]c1cc2ccc(NCC)cc2oc1=O. The highest BCUT2D eigenvalue weighted by Gasteiger charge is 2.01. The predicted molar refractivity (Wildman–Crippen MR) is 62.0 cm³/mol. The molecule has 2 radical (unpaired) electrons. The summed E-state index contributed by atoms with van der Waals surface area (Å²) in [7, 11) is 5.46. The molecule has 0 saturated heterocycles. The molecule has 0 spiro atoms. The average molecular weight is 199 g/mol. The Balaban J connectivity index is 2.61. The Morgan fingerprint density at radius 1 is 1.40 bits per heavy atom. The summed E-state index contributed by atoms with van der Waals surface area (Å²) in [6, 6.07) is 7.20. The van der Waals surface area contributed by atoms with E-state index in [1.165, 1.54) is 0 Å². The highest BCUT2D eigenvalue weighted by Crippen LogP contribution is 2.16. The number of hydrogen-bond donors (Lipinski definition) is 1. The average Bonchev–Trinajstić information content (AvgIpc) is 2.21. The van der Waals surface area contributed by atoms with Crippen LogP contribution < -0.4 is 16.4 Å². The van der Waals surface area contributed by atoms with Gasteiger partial charge in [0.2, 0.25) is 0 Å². The summed E-state index contributed by atoms with van der Waals surface area (Å²) >= 11 is 0. The molecule has 0 aliphatic carbocycles. The number of nitrogens with one attached hydrogen (secondary N) is 1. The molecule has 15 heavy (non-hydrogen) atoms. The number of fused-ring (bicyclic) bond motifs is 1. The number of rotatable bonds is 2. The van der Waals surface area contributed by atoms with Crippen LogP contribution in [-0.4, -0.2) is 14.4 Å². The van der Waals surface area contributed by atoms with Gasteiger partial charge in [-0.25, -0.2) is 4.79 Å². The molecule has 4 heteroatoms. The number of hydrogen-bond acceptors (Lipinski definition) is 3. The molecule has 1 aromatic heterocycles. The molecule has 0 saturated carbocycles. The van der Waals surface area contributed by atoms with Crippen LogP contribution in [0.1, 0.15) is 6.92 Å². The Morgan fingerprint density at radius 3 is 2.93 bits per heavy atom. The van der Waals surface area contributed by atoms with Crippen LogP contribution in [0.15, 0.2) is 33.5 Å². The van der Waals surface area contributed by atoms with Crippen LogP contribution in [0.25, 0.3) is 11.0 Å². The van der Waals surface area contributed by atoms with E-state index in [-0.39, 0.29) is 5.46 Å². The Hall–Kier alpha value is -1.71. The largest absolute Gasteiger partial charge is 0.423 e. The lowest BCUT2D eigenvalue weighted by Crippen LogP contribution is -2.23. The van der Waals surface area contributed by atoms with Crippen molar-refractivity contribution in [2.24, 2.45) is 0 Å². The van der Waals surface area contributed by atoms with E-state index >= 15 is 0 Å². The Kier molecular flexibility index (Phi) is 2.50. The van der Waals surface area contributed by atoms with E-state index in [0.29, 0.717) is 5.58 Å². The van der Waals surface area contributed by atoms with Crippen molar-refractivity contribution < 1.29 is 4.42 Å². The summed E-state index contributed by atoms with van der Waals surface area (Å²) in [5.74, 6) is 0. The van der Waals surface area contributed by atoms with E-state index in [0.717, 1.165) is 17.6 Å².